The number of halogens is 4. The minimum absolute atomic E-state index is 0.0108. The molecule has 10 heteroatoms. The monoisotopic (exact) mass is 437 g/mol. The topological polar surface area (TPSA) is 73.3 Å². The van der Waals surface area contributed by atoms with E-state index in [1.807, 2.05) is 0 Å². The lowest BCUT2D eigenvalue weighted by molar-refractivity contribution is -0.137. The van der Waals surface area contributed by atoms with Crippen LogP contribution < -0.4 is 14.8 Å². The number of aromatic nitrogens is 2. The molecule has 0 radical (unpaired) electrons. The Morgan fingerprint density at radius 1 is 1.07 bits per heavy atom. The first-order chi connectivity index (χ1) is 14.2. The van der Waals surface area contributed by atoms with Crippen LogP contribution in [0, 0.1) is 0 Å². The number of hydrogen-bond acceptors (Lipinski definition) is 5. The first kappa shape index (κ1) is 21.4. The van der Waals surface area contributed by atoms with Crippen LogP contribution in [0.25, 0.3) is 0 Å². The third kappa shape index (κ3) is 5.60. The van der Waals surface area contributed by atoms with E-state index in [1.165, 1.54) is 18.3 Å². The van der Waals surface area contributed by atoms with Crippen LogP contribution in [0.1, 0.15) is 12.5 Å². The molecule has 0 fully saturated rings. The standard InChI is InChI=1S/C20H15ClF3N3O3/c1-12(19(28)27-18-16(21)3-2-10-25-18)29-14-5-7-15(8-6-14)30-17-9-4-13(11-26-17)20(22,23)24/h2-12H,1H3,(H,25,27,28)/t12-/m1/s1. The van der Waals surface area contributed by atoms with Crippen molar-refractivity contribution in [2.75, 3.05) is 5.32 Å². The Kier molecular flexibility index (Phi) is 6.41. The van der Waals surface area contributed by atoms with Crippen molar-refractivity contribution in [3.05, 3.63) is 71.5 Å². The molecule has 1 aromatic carbocycles. The molecule has 0 aliphatic carbocycles. The Bertz CT molecular complexity index is 1010. The number of ether oxygens (including phenoxy) is 2. The van der Waals surface area contributed by atoms with E-state index < -0.39 is 23.8 Å². The van der Waals surface area contributed by atoms with Gasteiger partial charge in [0.15, 0.2) is 11.9 Å². The van der Waals surface area contributed by atoms with Crippen molar-refractivity contribution >= 4 is 23.3 Å². The summed E-state index contributed by atoms with van der Waals surface area (Å²) in [6, 6.07) is 11.4. The Hall–Kier alpha value is -3.33. The molecular weight excluding hydrogens is 423 g/mol. The van der Waals surface area contributed by atoms with Crippen LogP contribution in [0.2, 0.25) is 5.02 Å². The Balaban J connectivity index is 1.57. The van der Waals surface area contributed by atoms with Crippen LogP contribution in [0.15, 0.2) is 60.9 Å². The van der Waals surface area contributed by atoms with Crippen LogP contribution in [0.5, 0.6) is 17.4 Å². The molecule has 1 amide bonds. The molecule has 0 saturated heterocycles. The van der Waals surface area contributed by atoms with Gasteiger partial charge in [0, 0.05) is 18.5 Å². The lowest BCUT2D eigenvalue weighted by Gasteiger charge is -2.15. The quantitative estimate of drug-likeness (QED) is 0.563. The second kappa shape index (κ2) is 9.00. The van der Waals surface area contributed by atoms with Crippen molar-refractivity contribution < 1.29 is 27.4 Å². The molecule has 6 nitrogen and oxygen atoms in total. The zero-order valence-electron chi connectivity index (χ0n) is 15.5. The maximum Gasteiger partial charge on any atom is 0.417 e. The molecule has 0 spiro atoms. The maximum atomic E-state index is 12.6. The van der Waals surface area contributed by atoms with Gasteiger partial charge in [-0.3, -0.25) is 4.79 Å². The molecule has 1 atom stereocenters. The minimum Gasteiger partial charge on any atom is -0.481 e. The number of nitrogens with one attached hydrogen (secondary N) is 1. The summed E-state index contributed by atoms with van der Waals surface area (Å²) in [7, 11) is 0. The molecule has 156 valence electrons. The van der Waals surface area contributed by atoms with Gasteiger partial charge in [0.25, 0.3) is 5.91 Å². The van der Waals surface area contributed by atoms with E-state index in [1.54, 1.807) is 31.2 Å². The summed E-state index contributed by atoms with van der Waals surface area (Å²) in [5, 5.41) is 2.87. The highest BCUT2D eigenvalue weighted by molar-refractivity contribution is 6.33. The molecule has 1 N–H and O–H groups in total. The number of carbonyl (C=O) groups is 1. The fourth-order valence-electron chi connectivity index (χ4n) is 2.27. The SMILES string of the molecule is C[C@@H](Oc1ccc(Oc2ccc(C(F)(F)F)cn2)cc1)C(=O)Nc1ncccc1Cl. The third-order valence-corrected chi connectivity index (χ3v) is 4.10. The summed E-state index contributed by atoms with van der Waals surface area (Å²) in [5.74, 6) is 0.526. The van der Waals surface area contributed by atoms with Gasteiger partial charge >= 0.3 is 6.18 Å². The number of pyridine rings is 2. The molecule has 3 rings (SSSR count). The number of amides is 1. The molecular formula is C20H15ClF3N3O3. The fraction of sp³-hybridized carbons (Fsp3) is 0.150. The average Bonchev–Trinajstić information content (AvgIpc) is 2.71. The van der Waals surface area contributed by atoms with Crippen molar-refractivity contribution in [3.63, 3.8) is 0 Å². The molecule has 0 saturated carbocycles. The molecule has 30 heavy (non-hydrogen) atoms. The molecule has 0 aliphatic heterocycles. The average molecular weight is 438 g/mol. The highest BCUT2D eigenvalue weighted by atomic mass is 35.5. The van der Waals surface area contributed by atoms with Crippen molar-refractivity contribution in [2.24, 2.45) is 0 Å². The summed E-state index contributed by atoms with van der Waals surface area (Å²) in [6.07, 6.45) is -3.11. The number of rotatable bonds is 6. The number of anilines is 1. The van der Waals surface area contributed by atoms with Gasteiger partial charge in [0.2, 0.25) is 5.88 Å². The summed E-state index contributed by atoms with van der Waals surface area (Å²) in [5.41, 5.74) is -0.863. The predicted molar refractivity (Wildman–Crippen MR) is 104 cm³/mol. The number of carbonyl (C=O) groups excluding carboxylic acids is 1. The van der Waals surface area contributed by atoms with E-state index in [0.29, 0.717) is 22.7 Å². The summed E-state index contributed by atoms with van der Waals surface area (Å²) in [6.45, 7) is 1.56. The van der Waals surface area contributed by atoms with Gasteiger partial charge in [-0.2, -0.15) is 13.2 Å². The summed E-state index contributed by atoms with van der Waals surface area (Å²) in [4.78, 5) is 19.8. The van der Waals surface area contributed by atoms with Gasteiger partial charge < -0.3 is 14.8 Å². The lowest BCUT2D eigenvalue weighted by atomic mass is 10.3. The van der Waals surface area contributed by atoms with Gasteiger partial charge in [0.05, 0.1) is 10.6 Å². The largest absolute Gasteiger partial charge is 0.481 e. The van der Waals surface area contributed by atoms with Crippen LogP contribution in [0.3, 0.4) is 0 Å². The van der Waals surface area contributed by atoms with Gasteiger partial charge in [-0.05, 0) is 49.4 Å². The Morgan fingerprint density at radius 3 is 2.37 bits per heavy atom. The summed E-state index contributed by atoms with van der Waals surface area (Å²) >= 11 is 5.96. The van der Waals surface area contributed by atoms with Gasteiger partial charge in [-0.1, -0.05) is 11.6 Å². The molecule has 0 bridgehead atoms. The molecule has 2 heterocycles. The van der Waals surface area contributed by atoms with E-state index in [2.05, 4.69) is 15.3 Å². The van der Waals surface area contributed by atoms with Crippen LogP contribution in [-0.4, -0.2) is 22.0 Å². The predicted octanol–water partition coefficient (Wildman–Crippen LogP) is 5.35. The van der Waals surface area contributed by atoms with Gasteiger partial charge in [-0.15, -0.1) is 0 Å². The zero-order chi connectivity index (χ0) is 21.7. The first-order valence-corrected chi connectivity index (χ1v) is 8.99. The van der Waals surface area contributed by atoms with E-state index in [-0.39, 0.29) is 11.7 Å². The number of benzene rings is 1. The highest BCUT2D eigenvalue weighted by Gasteiger charge is 2.30. The van der Waals surface area contributed by atoms with Crippen LogP contribution in [-0.2, 0) is 11.0 Å². The number of alkyl halides is 3. The molecule has 0 unspecified atom stereocenters. The van der Waals surface area contributed by atoms with Crippen molar-refractivity contribution in [1.82, 2.24) is 9.97 Å². The third-order valence-electron chi connectivity index (χ3n) is 3.79. The first-order valence-electron chi connectivity index (χ1n) is 8.61. The lowest BCUT2D eigenvalue weighted by Crippen LogP contribution is -2.30. The van der Waals surface area contributed by atoms with E-state index in [9.17, 15) is 18.0 Å². The van der Waals surface area contributed by atoms with Gasteiger partial charge in [0.1, 0.15) is 11.5 Å². The van der Waals surface area contributed by atoms with Crippen molar-refractivity contribution in [3.8, 4) is 17.4 Å². The van der Waals surface area contributed by atoms with Crippen LogP contribution in [0.4, 0.5) is 19.0 Å². The summed E-state index contributed by atoms with van der Waals surface area (Å²) < 4.78 is 48.7. The van der Waals surface area contributed by atoms with Crippen molar-refractivity contribution in [1.29, 1.82) is 0 Å². The van der Waals surface area contributed by atoms with E-state index >= 15 is 0 Å². The van der Waals surface area contributed by atoms with Crippen LogP contribution >= 0.6 is 11.6 Å². The zero-order valence-corrected chi connectivity index (χ0v) is 16.2. The number of hydrogen-bond donors (Lipinski definition) is 1. The molecule has 3 aromatic rings. The molecule has 2 aromatic heterocycles. The second-order valence-electron chi connectivity index (χ2n) is 6.04. The molecule has 0 aliphatic rings. The van der Waals surface area contributed by atoms with E-state index in [0.717, 1.165) is 12.1 Å². The van der Waals surface area contributed by atoms with Gasteiger partial charge in [-0.25, -0.2) is 9.97 Å². The normalized spacial score (nSPS) is 12.2. The Morgan fingerprint density at radius 2 is 1.77 bits per heavy atom. The highest BCUT2D eigenvalue weighted by Crippen LogP contribution is 2.30. The minimum atomic E-state index is -4.46. The Labute approximate surface area is 174 Å². The number of nitrogens with zero attached hydrogens (tertiary/aromatic N) is 2. The van der Waals surface area contributed by atoms with E-state index in [4.69, 9.17) is 21.1 Å². The fourth-order valence-corrected chi connectivity index (χ4v) is 2.44. The van der Waals surface area contributed by atoms with Crippen molar-refractivity contribution in [2.45, 2.75) is 19.2 Å². The maximum absolute atomic E-state index is 12.6. The smallest absolute Gasteiger partial charge is 0.417 e. The second-order valence-corrected chi connectivity index (χ2v) is 6.45.